The van der Waals surface area contributed by atoms with Gasteiger partial charge in [-0.1, -0.05) is 53.2 Å². The van der Waals surface area contributed by atoms with Crippen LogP contribution in [0.3, 0.4) is 0 Å². The number of esters is 1. The molecule has 0 aromatic rings. The van der Waals surface area contributed by atoms with Crippen molar-refractivity contribution in [2.24, 2.45) is 50.7 Å². The van der Waals surface area contributed by atoms with E-state index < -0.39 is 5.41 Å². The van der Waals surface area contributed by atoms with Crippen LogP contribution in [0.2, 0.25) is 0 Å². The smallest absolute Gasteiger partial charge is 0.302 e. The summed E-state index contributed by atoms with van der Waals surface area (Å²) in [5, 5.41) is 9.81. The van der Waals surface area contributed by atoms with Gasteiger partial charge in [0.05, 0.1) is 12.2 Å². The molecule has 0 N–H and O–H groups in total. The van der Waals surface area contributed by atoms with E-state index in [-0.39, 0.29) is 62.5 Å². The number of hydrogen-bond acceptors (Lipinski definition) is 5. The fourth-order valence-electron chi connectivity index (χ4n) is 10.4. The van der Waals surface area contributed by atoms with Crippen molar-refractivity contribution >= 4 is 17.5 Å². The number of allylic oxidation sites excluding steroid dienone is 4. The van der Waals surface area contributed by atoms with Crippen LogP contribution >= 0.6 is 0 Å². The van der Waals surface area contributed by atoms with Crippen molar-refractivity contribution < 1.29 is 19.1 Å². The summed E-state index contributed by atoms with van der Waals surface area (Å²) in [4.78, 5) is 38.8. The fourth-order valence-corrected chi connectivity index (χ4v) is 10.4. The molecule has 5 rings (SSSR count). The van der Waals surface area contributed by atoms with Gasteiger partial charge in [0, 0.05) is 24.2 Å². The molecule has 8 atom stereocenters. The molecule has 5 aliphatic carbocycles. The minimum absolute atomic E-state index is 0.0319. The van der Waals surface area contributed by atoms with Crippen LogP contribution in [0.1, 0.15) is 106 Å². The van der Waals surface area contributed by atoms with Crippen molar-refractivity contribution in [3.05, 3.63) is 23.3 Å². The number of hydrogen-bond donors (Lipinski definition) is 0. The second kappa shape index (κ2) is 9.15. The largest absolute Gasteiger partial charge is 0.466 e. The van der Waals surface area contributed by atoms with Gasteiger partial charge in [0.25, 0.3) is 0 Å². The summed E-state index contributed by atoms with van der Waals surface area (Å²) >= 11 is 0. The third kappa shape index (κ3) is 4.02. The number of rotatable bonds is 4. The third-order valence-electron chi connectivity index (χ3n) is 12.8. The Bertz CT molecular complexity index is 1200. The highest BCUT2D eigenvalue weighted by Gasteiger charge is 2.68. The molecule has 0 bridgehead atoms. The summed E-state index contributed by atoms with van der Waals surface area (Å²) in [6.45, 7) is 15.6. The van der Waals surface area contributed by atoms with Crippen molar-refractivity contribution in [3.63, 3.8) is 0 Å². The normalized spacial score (nSPS) is 44.5. The second-order valence-electron chi connectivity index (χ2n) is 15.2. The number of carbonyl (C=O) groups is 3. The maximum Gasteiger partial charge on any atom is 0.302 e. The zero-order valence-electron chi connectivity index (χ0n) is 25.1. The summed E-state index contributed by atoms with van der Waals surface area (Å²) in [5.41, 5.74) is 0.929. The van der Waals surface area contributed by atoms with E-state index in [4.69, 9.17) is 4.74 Å². The maximum absolute atomic E-state index is 14.5. The van der Waals surface area contributed by atoms with Crippen molar-refractivity contribution in [1.29, 1.82) is 5.26 Å². The molecule has 39 heavy (non-hydrogen) atoms. The first kappa shape index (κ1) is 28.3. The van der Waals surface area contributed by atoms with Gasteiger partial charge in [0.1, 0.15) is 6.07 Å². The van der Waals surface area contributed by atoms with E-state index in [2.05, 4.69) is 40.7 Å². The zero-order valence-corrected chi connectivity index (χ0v) is 25.1. The van der Waals surface area contributed by atoms with E-state index in [0.29, 0.717) is 12.5 Å². The molecule has 0 aromatic heterocycles. The van der Waals surface area contributed by atoms with Crippen molar-refractivity contribution in [2.45, 2.75) is 106 Å². The summed E-state index contributed by atoms with van der Waals surface area (Å²) in [5.74, 6) is 0.168. The lowest BCUT2D eigenvalue weighted by molar-refractivity contribution is -0.171. The van der Waals surface area contributed by atoms with Gasteiger partial charge in [0.2, 0.25) is 0 Å². The van der Waals surface area contributed by atoms with E-state index >= 15 is 0 Å². The quantitative estimate of drug-likeness (QED) is 0.283. The van der Waals surface area contributed by atoms with Gasteiger partial charge >= 0.3 is 5.97 Å². The minimum atomic E-state index is -0.459. The molecule has 212 valence electrons. The van der Waals surface area contributed by atoms with Gasteiger partial charge in [-0.05, 0) is 97.4 Å². The number of Topliss-reactive ketones (excluding diaryl/α,β-unsaturated/α-hetero) is 1. The Kier molecular flexibility index (Phi) is 6.64. The maximum atomic E-state index is 14.5. The molecule has 0 spiro atoms. The molecular weight excluding hydrogens is 486 g/mol. The topological polar surface area (TPSA) is 84.2 Å². The number of ether oxygens (including phenoxy) is 1. The molecule has 5 aliphatic rings. The van der Waals surface area contributed by atoms with Crippen LogP contribution in [-0.2, 0) is 19.1 Å². The van der Waals surface area contributed by atoms with E-state index in [0.717, 1.165) is 51.4 Å². The third-order valence-corrected chi connectivity index (χ3v) is 12.8. The van der Waals surface area contributed by atoms with Crippen LogP contribution in [-0.4, -0.2) is 24.1 Å². The fraction of sp³-hybridized carbons (Fsp3) is 0.765. The molecule has 0 saturated heterocycles. The van der Waals surface area contributed by atoms with Crippen molar-refractivity contribution in [2.75, 3.05) is 6.61 Å². The first-order chi connectivity index (χ1) is 18.1. The van der Waals surface area contributed by atoms with Crippen LogP contribution in [0.15, 0.2) is 23.3 Å². The molecule has 0 amide bonds. The van der Waals surface area contributed by atoms with Gasteiger partial charge in [-0.25, -0.2) is 0 Å². The second-order valence-corrected chi connectivity index (χ2v) is 15.2. The summed E-state index contributed by atoms with van der Waals surface area (Å²) in [6, 6.07) is 2.18. The first-order valence-corrected chi connectivity index (χ1v) is 15.2. The lowest BCUT2D eigenvalue weighted by atomic mass is 9.34. The number of ketones is 2. The van der Waals surface area contributed by atoms with E-state index in [1.807, 2.05) is 19.1 Å². The van der Waals surface area contributed by atoms with Gasteiger partial charge in [-0.15, -0.1) is 0 Å². The molecule has 0 aromatic carbocycles. The molecule has 5 nitrogen and oxygen atoms in total. The van der Waals surface area contributed by atoms with Crippen molar-refractivity contribution in [1.82, 2.24) is 0 Å². The Morgan fingerprint density at radius 2 is 1.74 bits per heavy atom. The Balaban J connectivity index is 1.58. The number of nitrogens with zero attached hydrogens (tertiary/aromatic N) is 1. The van der Waals surface area contributed by atoms with Crippen LogP contribution in [0.4, 0.5) is 0 Å². The lowest BCUT2D eigenvalue weighted by Gasteiger charge is -2.69. The average Bonchev–Trinajstić information content (AvgIpc) is 2.86. The van der Waals surface area contributed by atoms with Gasteiger partial charge < -0.3 is 4.74 Å². The zero-order chi connectivity index (χ0) is 28.6. The van der Waals surface area contributed by atoms with E-state index in [1.165, 1.54) is 18.9 Å². The van der Waals surface area contributed by atoms with Crippen LogP contribution in [0.25, 0.3) is 0 Å². The SMILES string of the molecule is CC(=O)OCCC[C@]12CCC(C)(C)C[C@@H]1C1C(=O)C=C3[C@@]4(C)C=C(C#N)C(=O)[C@@H](C)C4CC[C@@]3(C)[C@]1(C)CC2. The summed E-state index contributed by atoms with van der Waals surface area (Å²) in [6.07, 6.45) is 13.1. The first-order valence-electron chi connectivity index (χ1n) is 15.2. The molecule has 3 fully saturated rings. The number of fused-ring (bicyclic) bond motifs is 7. The molecule has 5 heteroatoms. The average molecular weight is 534 g/mol. The highest BCUT2D eigenvalue weighted by Crippen LogP contribution is 2.74. The van der Waals surface area contributed by atoms with Gasteiger partial charge in [-0.3, -0.25) is 14.4 Å². The number of carbonyl (C=O) groups excluding carboxylic acids is 3. The monoisotopic (exact) mass is 533 g/mol. The van der Waals surface area contributed by atoms with E-state index in [9.17, 15) is 19.6 Å². The predicted octanol–water partition coefficient (Wildman–Crippen LogP) is 7.16. The lowest BCUT2D eigenvalue weighted by Crippen LogP contribution is -2.64. The predicted molar refractivity (Wildman–Crippen MR) is 150 cm³/mol. The molecule has 0 aliphatic heterocycles. The van der Waals surface area contributed by atoms with Crippen molar-refractivity contribution in [3.8, 4) is 6.07 Å². The Morgan fingerprint density at radius 1 is 1.05 bits per heavy atom. The molecule has 3 saturated carbocycles. The summed E-state index contributed by atoms with van der Waals surface area (Å²) in [7, 11) is 0. The molecule has 2 unspecified atom stereocenters. The van der Waals surface area contributed by atoms with Crippen LogP contribution in [0.5, 0.6) is 0 Å². The van der Waals surface area contributed by atoms with Gasteiger partial charge in [0.15, 0.2) is 11.6 Å². The molecule has 0 heterocycles. The summed E-state index contributed by atoms with van der Waals surface area (Å²) < 4.78 is 5.31. The van der Waals surface area contributed by atoms with Crippen LogP contribution < -0.4 is 0 Å². The molecule has 0 radical (unpaired) electrons. The standard InChI is InChI=1S/C34H47NO4/c1-21-24-9-11-32(6)27(31(24,5)18-23(20-35)29(21)38)17-26(37)28-25-19-30(3,4)12-14-34(25,15-13-33(28,32)7)10-8-16-39-22(2)36/h17-18,21,24-25,28H,8-16,19H2,1-7H3/t21-,24?,25+,28?,31-,32+,33+,34+/m0/s1. The van der Waals surface area contributed by atoms with Crippen LogP contribution in [0, 0.1) is 62.1 Å². The highest BCUT2D eigenvalue weighted by atomic mass is 16.5. The molecular formula is C34H47NO4. The Morgan fingerprint density at radius 3 is 2.41 bits per heavy atom. The highest BCUT2D eigenvalue weighted by molar-refractivity contribution is 6.02. The Labute approximate surface area is 234 Å². The van der Waals surface area contributed by atoms with Gasteiger partial charge in [-0.2, -0.15) is 5.26 Å². The number of nitriles is 1. The van der Waals surface area contributed by atoms with E-state index in [1.54, 1.807) is 0 Å². The minimum Gasteiger partial charge on any atom is -0.466 e. The Hall–Kier alpha value is -2.22.